The van der Waals surface area contributed by atoms with E-state index in [4.69, 9.17) is 9.47 Å². The van der Waals surface area contributed by atoms with Gasteiger partial charge in [-0.15, -0.1) is 0 Å². The number of benzene rings is 1. The summed E-state index contributed by atoms with van der Waals surface area (Å²) in [5.74, 6) is 0.801. The molecule has 1 aromatic rings. The van der Waals surface area contributed by atoms with Crippen LogP contribution in [0.2, 0.25) is 0 Å². The normalized spacial score (nSPS) is 10.5. The van der Waals surface area contributed by atoms with Crippen LogP contribution in [0.1, 0.15) is 31.7 Å². The van der Waals surface area contributed by atoms with E-state index in [1.807, 2.05) is 0 Å². The topological polar surface area (TPSA) is 30.5 Å². The summed E-state index contributed by atoms with van der Waals surface area (Å²) in [5, 5.41) is 3.34. The van der Waals surface area contributed by atoms with Crippen LogP contribution in [-0.4, -0.2) is 27.3 Å². The van der Waals surface area contributed by atoms with Crippen molar-refractivity contribution in [1.29, 1.82) is 0 Å². The predicted octanol–water partition coefficient (Wildman–Crippen LogP) is 3.17. The molecule has 1 aromatic carbocycles. The van der Waals surface area contributed by atoms with Gasteiger partial charge in [-0.25, -0.2) is 4.39 Å². The fraction of sp³-hybridized carbons (Fsp3) is 0.600. The van der Waals surface area contributed by atoms with Crippen molar-refractivity contribution in [1.82, 2.24) is 5.32 Å². The lowest BCUT2D eigenvalue weighted by molar-refractivity contribution is 0.351. The third-order valence-electron chi connectivity index (χ3n) is 3.03. The number of rotatable bonds is 9. The van der Waals surface area contributed by atoms with Crippen molar-refractivity contribution in [2.75, 3.05) is 27.3 Å². The molecule has 0 fully saturated rings. The van der Waals surface area contributed by atoms with E-state index in [9.17, 15) is 4.39 Å². The second-order valence-electron chi connectivity index (χ2n) is 4.51. The maximum atomic E-state index is 13.8. The largest absolute Gasteiger partial charge is 0.493 e. The summed E-state index contributed by atoms with van der Waals surface area (Å²) < 4.78 is 24.1. The Morgan fingerprint density at radius 1 is 1.05 bits per heavy atom. The van der Waals surface area contributed by atoms with Gasteiger partial charge >= 0.3 is 0 Å². The molecular formula is C15H24FNO2. The Labute approximate surface area is 115 Å². The van der Waals surface area contributed by atoms with Crippen LogP contribution in [0.3, 0.4) is 0 Å². The first-order chi connectivity index (χ1) is 9.22. The Hall–Kier alpha value is -1.29. The second kappa shape index (κ2) is 8.75. The van der Waals surface area contributed by atoms with Crippen molar-refractivity contribution in [3.05, 3.63) is 23.5 Å². The molecule has 3 nitrogen and oxygen atoms in total. The van der Waals surface area contributed by atoms with Gasteiger partial charge in [-0.2, -0.15) is 0 Å². The smallest absolute Gasteiger partial charge is 0.163 e. The average molecular weight is 269 g/mol. The van der Waals surface area contributed by atoms with Gasteiger partial charge in [0.2, 0.25) is 0 Å². The van der Waals surface area contributed by atoms with E-state index in [1.165, 1.54) is 13.2 Å². The molecule has 0 aliphatic heterocycles. The summed E-state index contributed by atoms with van der Waals surface area (Å²) in [6.45, 7) is 4.18. The van der Waals surface area contributed by atoms with Gasteiger partial charge < -0.3 is 14.8 Å². The van der Waals surface area contributed by atoms with E-state index < -0.39 is 0 Å². The van der Waals surface area contributed by atoms with E-state index in [0.29, 0.717) is 17.1 Å². The molecule has 4 heteroatoms. The van der Waals surface area contributed by atoms with E-state index in [-0.39, 0.29) is 5.82 Å². The SMILES string of the molecule is CCCNCCCCc1cc(OC)c(OC)cc1F. The number of hydrogen-bond donors (Lipinski definition) is 1. The Balaban J connectivity index is 2.49. The lowest BCUT2D eigenvalue weighted by Gasteiger charge is -2.11. The number of halogens is 1. The zero-order chi connectivity index (χ0) is 14.1. The third-order valence-corrected chi connectivity index (χ3v) is 3.03. The summed E-state index contributed by atoms with van der Waals surface area (Å²) in [6.07, 6.45) is 3.88. The molecule has 0 saturated heterocycles. The van der Waals surface area contributed by atoms with Gasteiger partial charge in [-0.05, 0) is 50.4 Å². The minimum absolute atomic E-state index is 0.223. The molecule has 19 heavy (non-hydrogen) atoms. The zero-order valence-electron chi connectivity index (χ0n) is 12.1. The number of hydrogen-bond acceptors (Lipinski definition) is 3. The van der Waals surface area contributed by atoms with Gasteiger partial charge in [0, 0.05) is 6.07 Å². The van der Waals surface area contributed by atoms with E-state index in [0.717, 1.165) is 38.8 Å². The monoisotopic (exact) mass is 269 g/mol. The maximum absolute atomic E-state index is 13.8. The van der Waals surface area contributed by atoms with Crippen molar-refractivity contribution in [3.63, 3.8) is 0 Å². The second-order valence-corrected chi connectivity index (χ2v) is 4.51. The fourth-order valence-corrected chi connectivity index (χ4v) is 1.96. The highest BCUT2D eigenvalue weighted by Gasteiger charge is 2.10. The summed E-state index contributed by atoms with van der Waals surface area (Å²) >= 11 is 0. The molecule has 0 amide bonds. The average Bonchev–Trinajstić information content (AvgIpc) is 2.43. The van der Waals surface area contributed by atoms with Gasteiger partial charge in [0.1, 0.15) is 5.82 Å². The van der Waals surface area contributed by atoms with Crippen LogP contribution in [0.25, 0.3) is 0 Å². The van der Waals surface area contributed by atoms with Crippen LogP contribution in [-0.2, 0) is 6.42 Å². The predicted molar refractivity (Wildman–Crippen MR) is 75.6 cm³/mol. The minimum Gasteiger partial charge on any atom is -0.493 e. The summed E-state index contributed by atoms with van der Waals surface area (Å²) in [6, 6.07) is 3.12. The van der Waals surface area contributed by atoms with Gasteiger partial charge in [-0.3, -0.25) is 0 Å². The first-order valence-electron chi connectivity index (χ1n) is 6.84. The first-order valence-corrected chi connectivity index (χ1v) is 6.84. The molecule has 0 unspecified atom stereocenters. The molecule has 1 N–H and O–H groups in total. The quantitative estimate of drug-likeness (QED) is 0.698. The zero-order valence-corrected chi connectivity index (χ0v) is 12.1. The maximum Gasteiger partial charge on any atom is 0.163 e. The minimum atomic E-state index is -0.223. The number of nitrogens with one attached hydrogen (secondary N) is 1. The molecule has 0 radical (unpaired) electrons. The third kappa shape index (κ3) is 5.07. The van der Waals surface area contributed by atoms with Crippen LogP contribution in [0.15, 0.2) is 12.1 Å². The highest BCUT2D eigenvalue weighted by molar-refractivity contribution is 5.43. The van der Waals surface area contributed by atoms with Gasteiger partial charge in [0.05, 0.1) is 14.2 Å². The van der Waals surface area contributed by atoms with Gasteiger partial charge in [-0.1, -0.05) is 6.92 Å². The van der Waals surface area contributed by atoms with Crippen molar-refractivity contribution < 1.29 is 13.9 Å². The molecule has 0 saturated carbocycles. The standard InChI is InChI=1S/C15H24FNO2/c1-4-8-17-9-6-5-7-12-10-14(18-2)15(19-3)11-13(12)16/h10-11,17H,4-9H2,1-3H3. The molecule has 0 bridgehead atoms. The highest BCUT2D eigenvalue weighted by Crippen LogP contribution is 2.30. The molecule has 0 atom stereocenters. The van der Waals surface area contributed by atoms with Crippen LogP contribution in [0, 0.1) is 5.82 Å². The molecule has 1 rings (SSSR count). The van der Waals surface area contributed by atoms with E-state index in [2.05, 4.69) is 12.2 Å². The van der Waals surface area contributed by atoms with Crippen LogP contribution in [0.5, 0.6) is 11.5 Å². The number of unbranched alkanes of at least 4 members (excludes halogenated alkanes) is 1. The molecular weight excluding hydrogens is 245 g/mol. The Morgan fingerprint density at radius 2 is 1.74 bits per heavy atom. The van der Waals surface area contributed by atoms with E-state index in [1.54, 1.807) is 13.2 Å². The van der Waals surface area contributed by atoms with E-state index >= 15 is 0 Å². The first kappa shape index (κ1) is 15.8. The van der Waals surface area contributed by atoms with Crippen LogP contribution < -0.4 is 14.8 Å². The summed E-state index contributed by atoms with van der Waals surface area (Å²) in [7, 11) is 3.07. The Kier molecular flexibility index (Phi) is 7.26. The van der Waals surface area contributed by atoms with Crippen molar-refractivity contribution in [2.24, 2.45) is 0 Å². The fourth-order valence-electron chi connectivity index (χ4n) is 1.96. The molecule has 0 aromatic heterocycles. The van der Waals surface area contributed by atoms with Crippen molar-refractivity contribution in [3.8, 4) is 11.5 Å². The molecule has 0 aliphatic carbocycles. The molecule has 0 aliphatic rings. The molecule has 0 spiro atoms. The lowest BCUT2D eigenvalue weighted by atomic mass is 10.1. The van der Waals surface area contributed by atoms with Crippen molar-refractivity contribution in [2.45, 2.75) is 32.6 Å². The van der Waals surface area contributed by atoms with Crippen LogP contribution >= 0.6 is 0 Å². The number of aryl methyl sites for hydroxylation is 1. The highest BCUT2D eigenvalue weighted by atomic mass is 19.1. The number of methoxy groups -OCH3 is 2. The lowest BCUT2D eigenvalue weighted by Crippen LogP contribution is -2.15. The van der Waals surface area contributed by atoms with Crippen molar-refractivity contribution >= 4 is 0 Å². The molecule has 108 valence electrons. The molecule has 0 heterocycles. The Morgan fingerprint density at radius 3 is 2.37 bits per heavy atom. The summed E-state index contributed by atoms with van der Waals surface area (Å²) in [5.41, 5.74) is 0.688. The van der Waals surface area contributed by atoms with Gasteiger partial charge in [0.25, 0.3) is 0 Å². The summed E-state index contributed by atoms with van der Waals surface area (Å²) in [4.78, 5) is 0. The number of ether oxygens (including phenoxy) is 2. The Bertz CT molecular complexity index is 383. The van der Waals surface area contributed by atoms with Gasteiger partial charge in [0.15, 0.2) is 11.5 Å². The van der Waals surface area contributed by atoms with Crippen LogP contribution in [0.4, 0.5) is 4.39 Å².